The van der Waals surface area contributed by atoms with E-state index < -0.39 is 5.91 Å². The van der Waals surface area contributed by atoms with E-state index in [4.69, 9.17) is 10.5 Å². The maximum atomic E-state index is 12.3. The van der Waals surface area contributed by atoms with Gasteiger partial charge < -0.3 is 20.7 Å². The van der Waals surface area contributed by atoms with E-state index >= 15 is 0 Å². The largest absolute Gasteiger partial charge is 0.484 e. The standard InChI is InChI=1S/C19H22N4O3/c20-17(24)13-26-16-5-3-4-15(10-16)19(25)22-12-14-6-7-18(21-11-14)23-8-1-2-9-23/h3-7,10-11H,1-2,8-9,12-13H2,(H2,20,24)(H,22,25). The Morgan fingerprint density at radius 3 is 2.69 bits per heavy atom. The number of aromatic nitrogens is 1. The van der Waals surface area contributed by atoms with Gasteiger partial charge in [0.05, 0.1) is 0 Å². The first-order valence-corrected chi connectivity index (χ1v) is 8.61. The lowest BCUT2D eigenvalue weighted by atomic mass is 10.2. The summed E-state index contributed by atoms with van der Waals surface area (Å²) in [5.41, 5.74) is 6.43. The Kier molecular flexibility index (Phi) is 5.68. The second kappa shape index (κ2) is 8.33. The zero-order valence-corrected chi connectivity index (χ0v) is 14.5. The van der Waals surface area contributed by atoms with Crippen LogP contribution < -0.4 is 20.7 Å². The molecule has 2 heterocycles. The SMILES string of the molecule is NC(=O)COc1cccc(C(=O)NCc2ccc(N3CCCC3)nc2)c1. The molecular weight excluding hydrogens is 332 g/mol. The number of ether oxygens (including phenoxy) is 1. The molecule has 1 saturated heterocycles. The van der Waals surface area contributed by atoms with Gasteiger partial charge in [-0.15, -0.1) is 0 Å². The van der Waals surface area contributed by atoms with Crippen molar-refractivity contribution in [3.63, 3.8) is 0 Å². The number of carbonyl (C=O) groups is 2. The lowest BCUT2D eigenvalue weighted by Gasteiger charge is -2.16. The second-order valence-corrected chi connectivity index (χ2v) is 6.18. The molecule has 2 amide bonds. The summed E-state index contributed by atoms with van der Waals surface area (Å²) in [6.45, 7) is 2.27. The van der Waals surface area contributed by atoms with Gasteiger partial charge in [-0.25, -0.2) is 4.98 Å². The highest BCUT2D eigenvalue weighted by molar-refractivity contribution is 5.94. The van der Waals surface area contributed by atoms with Crippen LogP contribution in [0.3, 0.4) is 0 Å². The van der Waals surface area contributed by atoms with Gasteiger partial charge in [0.15, 0.2) is 6.61 Å². The van der Waals surface area contributed by atoms with Gasteiger partial charge in [-0.2, -0.15) is 0 Å². The predicted molar refractivity (Wildman–Crippen MR) is 98.0 cm³/mol. The summed E-state index contributed by atoms with van der Waals surface area (Å²) in [6, 6.07) is 10.6. The van der Waals surface area contributed by atoms with E-state index in [2.05, 4.69) is 15.2 Å². The summed E-state index contributed by atoms with van der Waals surface area (Å²) in [6.07, 6.45) is 4.21. The Hall–Kier alpha value is -3.09. The smallest absolute Gasteiger partial charge is 0.255 e. The Bertz CT molecular complexity index is 771. The number of anilines is 1. The molecule has 2 aromatic rings. The number of nitrogens with two attached hydrogens (primary N) is 1. The van der Waals surface area contributed by atoms with Crippen molar-refractivity contribution in [2.75, 3.05) is 24.6 Å². The highest BCUT2D eigenvalue weighted by Gasteiger charge is 2.13. The van der Waals surface area contributed by atoms with E-state index in [1.807, 2.05) is 12.1 Å². The third kappa shape index (κ3) is 4.72. The number of amides is 2. The summed E-state index contributed by atoms with van der Waals surface area (Å²) in [5.74, 6) is 0.618. The molecule has 0 aliphatic carbocycles. The first-order chi connectivity index (χ1) is 12.6. The molecule has 26 heavy (non-hydrogen) atoms. The van der Waals surface area contributed by atoms with Crippen molar-refractivity contribution in [1.82, 2.24) is 10.3 Å². The third-order valence-corrected chi connectivity index (χ3v) is 4.17. The number of benzene rings is 1. The lowest BCUT2D eigenvalue weighted by molar-refractivity contribution is -0.119. The molecule has 3 rings (SSSR count). The van der Waals surface area contributed by atoms with E-state index in [-0.39, 0.29) is 12.5 Å². The van der Waals surface area contributed by atoms with Crippen LogP contribution >= 0.6 is 0 Å². The van der Waals surface area contributed by atoms with Crippen molar-refractivity contribution in [2.45, 2.75) is 19.4 Å². The van der Waals surface area contributed by atoms with Gasteiger partial charge in [0.1, 0.15) is 11.6 Å². The summed E-state index contributed by atoms with van der Waals surface area (Å²) in [5, 5.41) is 2.86. The van der Waals surface area contributed by atoms with Crippen LogP contribution in [0.15, 0.2) is 42.6 Å². The maximum Gasteiger partial charge on any atom is 0.255 e. The molecule has 0 atom stereocenters. The average molecular weight is 354 g/mol. The molecule has 1 aliphatic rings. The maximum absolute atomic E-state index is 12.3. The lowest BCUT2D eigenvalue weighted by Crippen LogP contribution is -2.23. The molecule has 0 unspecified atom stereocenters. The van der Waals surface area contributed by atoms with Crippen molar-refractivity contribution in [2.24, 2.45) is 5.73 Å². The predicted octanol–water partition coefficient (Wildman–Crippen LogP) is 1.48. The minimum absolute atomic E-state index is 0.222. The number of primary amides is 1. The van der Waals surface area contributed by atoms with Gasteiger partial charge in [-0.3, -0.25) is 9.59 Å². The van der Waals surface area contributed by atoms with Crippen molar-refractivity contribution < 1.29 is 14.3 Å². The van der Waals surface area contributed by atoms with Crippen LogP contribution in [-0.4, -0.2) is 36.5 Å². The zero-order chi connectivity index (χ0) is 18.4. The van der Waals surface area contributed by atoms with E-state index in [9.17, 15) is 9.59 Å². The summed E-state index contributed by atoms with van der Waals surface area (Å²) < 4.78 is 5.21. The number of hydrogen-bond acceptors (Lipinski definition) is 5. The Balaban J connectivity index is 1.55. The van der Waals surface area contributed by atoms with E-state index in [0.717, 1.165) is 24.5 Å². The van der Waals surface area contributed by atoms with Gasteiger partial charge in [0.2, 0.25) is 0 Å². The summed E-state index contributed by atoms with van der Waals surface area (Å²) in [7, 11) is 0. The monoisotopic (exact) mass is 354 g/mol. The number of nitrogens with one attached hydrogen (secondary N) is 1. The normalized spacial score (nSPS) is 13.5. The van der Waals surface area contributed by atoms with Crippen molar-refractivity contribution in [3.8, 4) is 5.75 Å². The van der Waals surface area contributed by atoms with Crippen LogP contribution in [-0.2, 0) is 11.3 Å². The molecule has 0 radical (unpaired) electrons. The number of hydrogen-bond donors (Lipinski definition) is 2. The van der Waals surface area contributed by atoms with E-state index in [1.165, 1.54) is 12.8 Å². The molecule has 0 spiro atoms. The van der Waals surface area contributed by atoms with Crippen LogP contribution in [0.4, 0.5) is 5.82 Å². The molecule has 1 aromatic heterocycles. The Morgan fingerprint density at radius 2 is 2.00 bits per heavy atom. The third-order valence-electron chi connectivity index (χ3n) is 4.17. The van der Waals surface area contributed by atoms with E-state index in [1.54, 1.807) is 30.5 Å². The molecule has 1 aromatic carbocycles. The zero-order valence-electron chi connectivity index (χ0n) is 14.5. The van der Waals surface area contributed by atoms with E-state index in [0.29, 0.717) is 17.9 Å². The molecule has 3 N–H and O–H groups in total. The molecule has 7 heteroatoms. The second-order valence-electron chi connectivity index (χ2n) is 6.18. The summed E-state index contributed by atoms with van der Waals surface area (Å²) >= 11 is 0. The molecule has 136 valence electrons. The number of nitrogens with zero attached hydrogens (tertiary/aromatic N) is 2. The quantitative estimate of drug-likeness (QED) is 0.785. The molecule has 1 fully saturated rings. The highest BCUT2D eigenvalue weighted by Crippen LogP contribution is 2.18. The fourth-order valence-corrected chi connectivity index (χ4v) is 2.82. The Labute approximate surface area is 152 Å². The number of carbonyl (C=O) groups excluding carboxylic acids is 2. The molecule has 0 bridgehead atoms. The average Bonchev–Trinajstić information content (AvgIpc) is 3.20. The van der Waals surface area contributed by atoms with Crippen LogP contribution in [0.2, 0.25) is 0 Å². The van der Waals surface area contributed by atoms with Gasteiger partial charge in [-0.05, 0) is 42.7 Å². The number of pyridine rings is 1. The van der Waals surface area contributed by atoms with Crippen molar-refractivity contribution in [1.29, 1.82) is 0 Å². The van der Waals surface area contributed by atoms with Crippen LogP contribution in [0.1, 0.15) is 28.8 Å². The van der Waals surface area contributed by atoms with Crippen LogP contribution in [0, 0.1) is 0 Å². The minimum Gasteiger partial charge on any atom is -0.484 e. The van der Waals surface area contributed by atoms with Gasteiger partial charge >= 0.3 is 0 Å². The van der Waals surface area contributed by atoms with Gasteiger partial charge in [0, 0.05) is 31.4 Å². The highest BCUT2D eigenvalue weighted by atomic mass is 16.5. The van der Waals surface area contributed by atoms with Crippen molar-refractivity contribution in [3.05, 3.63) is 53.7 Å². The van der Waals surface area contributed by atoms with Gasteiger partial charge in [0.25, 0.3) is 11.8 Å². The summed E-state index contributed by atoms with van der Waals surface area (Å²) in [4.78, 5) is 29.8. The minimum atomic E-state index is -0.565. The molecule has 0 saturated carbocycles. The molecule has 1 aliphatic heterocycles. The fraction of sp³-hybridized carbons (Fsp3) is 0.316. The topological polar surface area (TPSA) is 97.6 Å². The van der Waals surface area contributed by atoms with Crippen molar-refractivity contribution >= 4 is 17.6 Å². The van der Waals surface area contributed by atoms with Gasteiger partial charge in [-0.1, -0.05) is 12.1 Å². The van der Waals surface area contributed by atoms with Crippen LogP contribution in [0.25, 0.3) is 0 Å². The first-order valence-electron chi connectivity index (χ1n) is 8.61. The molecular formula is C19H22N4O3. The first kappa shape index (κ1) is 17.7. The molecule has 7 nitrogen and oxygen atoms in total. The fourth-order valence-electron chi connectivity index (χ4n) is 2.82. The number of rotatable bonds is 7. The van der Waals surface area contributed by atoms with Crippen LogP contribution in [0.5, 0.6) is 5.75 Å². The Morgan fingerprint density at radius 1 is 1.19 bits per heavy atom.